The van der Waals surface area contributed by atoms with E-state index in [0.29, 0.717) is 18.3 Å². The van der Waals surface area contributed by atoms with Gasteiger partial charge in [0, 0.05) is 24.5 Å². The number of hydrogen-bond donors (Lipinski definition) is 1. The molecule has 21 heavy (non-hydrogen) atoms. The van der Waals surface area contributed by atoms with Crippen molar-refractivity contribution in [2.24, 2.45) is 0 Å². The molecule has 0 amide bonds. The molecule has 0 radical (unpaired) electrons. The van der Waals surface area contributed by atoms with Crippen molar-refractivity contribution in [2.45, 2.75) is 32.0 Å². The first kappa shape index (κ1) is 14.8. The second-order valence-electron chi connectivity index (χ2n) is 5.50. The van der Waals surface area contributed by atoms with Crippen LogP contribution >= 0.6 is 22.9 Å². The summed E-state index contributed by atoms with van der Waals surface area (Å²) in [6.07, 6.45) is 2.49. The summed E-state index contributed by atoms with van der Waals surface area (Å²) in [4.78, 5) is 3.04. The summed E-state index contributed by atoms with van der Waals surface area (Å²) in [5, 5.41) is 3.40. The molecule has 0 unspecified atom stereocenters. The van der Waals surface area contributed by atoms with E-state index in [9.17, 15) is 4.39 Å². The largest absolute Gasteiger partial charge is 0.367 e. The second kappa shape index (κ2) is 6.34. The first-order valence-electron chi connectivity index (χ1n) is 7.09. The molecule has 1 N–H and O–H groups in total. The Bertz CT molecular complexity index is 624. The lowest BCUT2D eigenvalue weighted by Crippen LogP contribution is -2.18. The van der Waals surface area contributed by atoms with Crippen molar-refractivity contribution in [1.29, 1.82) is 0 Å². The van der Waals surface area contributed by atoms with Gasteiger partial charge in [0.05, 0.1) is 16.6 Å². The van der Waals surface area contributed by atoms with E-state index in [1.54, 1.807) is 6.07 Å². The molecule has 1 aromatic carbocycles. The summed E-state index contributed by atoms with van der Waals surface area (Å²) in [6.45, 7) is 1.40. The van der Waals surface area contributed by atoms with Gasteiger partial charge >= 0.3 is 0 Å². The van der Waals surface area contributed by atoms with Gasteiger partial charge in [-0.05, 0) is 42.7 Å². The van der Waals surface area contributed by atoms with Crippen molar-refractivity contribution in [3.63, 3.8) is 0 Å². The molecule has 1 aliphatic rings. The van der Waals surface area contributed by atoms with Gasteiger partial charge < -0.3 is 10.2 Å². The van der Waals surface area contributed by atoms with Crippen molar-refractivity contribution in [3.05, 3.63) is 50.9 Å². The van der Waals surface area contributed by atoms with Gasteiger partial charge in [-0.3, -0.25) is 0 Å². The van der Waals surface area contributed by atoms with E-state index >= 15 is 0 Å². The minimum Gasteiger partial charge on any atom is -0.367 e. The predicted octanol–water partition coefficient (Wildman–Crippen LogP) is 4.43. The van der Waals surface area contributed by atoms with Crippen LogP contribution in [0.2, 0.25) is 4.34 Å². The highest BCUT2D eigenvalue weighted by Crippen LogP contribution is 2.26. The maximum absolute atomic E-state index is 14.3. The van der Waals surface area contributed by atoms with Crippen LogP contribution in [-0.4, -0.2) is 13.1 Å². The number of rotatable bonds is 6. The number of nitrogens with one attached hydrogen (secondary N) is 1. The molecule has 0 atom stereocenters. The lowest BCUT2D eigenvalue weighted by Gasteiger charge is -2.19. The van der Waals surface area contributed by atoms with Gasteiger partial charge in [-0.2, -0.15) is 0 Å². The molecule has 2 aromatic rings. The summed E-state index contributed by atoms with van der Waals surface area (Å²) >= 11 is 7.46. The average molecular weight is 325 g/mol. The van der Waals surface area contributed by atoms with Crippen molar-refractivity contribution in [3.8, 4) is 0 Å². The number of thiophene rings is 1. The quantitative estimate of drug-likeness (QED) is 0.845. The summed E-state index contributed by atoms with van der Waals surface area (Å²) in [6, 6.07) is 9.97. The molecule has 0 saturated heterocycles. The fraction of sp³-hybridized carbons (Fsp3) is 0.375. The zero-order valence-corrected chi connectivity index (χ0v) is 13.5. The third kappa shape index (κ3) is 3.96. The smallest absolute Gasteiger partial charge is 0.146 e. The topological polar surface area (TPSA) is 15.3 Å². The fourth-order valence-electron chi connectivity index (χ4n) is 2.28. The Hall–Kier alpha value is -1.10. The lowest BCUT2D eigenvalue weighted by atomic mass is 10.2. The van der Waals surface area contributed by atoms with Crippen LogP contribution in [0.5, 0.6) is 0 Å². The SMILES string of the molecule is CN(Cc1ccc(Cl)s1)c1ccc(CNC2CC2)cc1F. The minimum absolute atomic E-state index is 0.171. The number of nitrogens with zero attached hydrogens (tertiary/aromatic N) is 1. The molecule has 0 bridgehead atoms. The Kier molecular flexibility index (Phi) is 4.48. The molecule has 5 heteroatoms. The standard InChI is InChI=1S/C16H18ClFN2S/c1-20(10-13-5-7-16(17)21-13)15-6-2-11(8-14(15)18)9-19-12-3-4-12/h2,5-8,12,19H,3-4,9-10H2,1H3. The zero-order chi connectivity index (χ0) is 14.8. The van der Waals surface area contributed by atoms with Gasteiger partial charge in [-0.15, -0.1) is 11.3 Å². The van der Waals surface area contributed by atoms with Crippen molar-refractivity contribution in [1.82, 2.24) is 5.32 Å². The lowest BCUT2D eigenvalue weighted by molar-refractivity contribution is 0.615. The highest BCUT2D eigenvalue weighted by Gasteiger charge is 2.20. The molecule has 1 saturated carbocycles. The molecule has 112 valence electrons. The molecular weight excluding hydrogens is 307 g/mol. The normalized spacial score (nSPS) is 14.4. The molecule has 1 aromatic heterocycles. The van der Waals surface area contributed by atoms with Gasteiger partial charge in [0.2, 0.25) is 0 Å². The molecule has 1 fully saturated rings. The van der Waals surface area contributed by atoms with E-state index in [1.165, 1.54) is 24.2 Å². The first-order chi connectivity index (χ1) is 10.1. The van der Waals surface area contributed by atoms with E-state index in [-0.39, 0.29) is 5.82 Å². The van der Waals surface area contributed by atoms with E-state index in [0.717, 1.165) is 21.3 Å². The molecule has 1 aliphatic carbocycles. The number of benzene rings is 1. The van der Waals surface area contributed by atoms with Crippen LogP contribution in [0.4, 0.5) is 10.1 Å². The van der Waals surface area contributed by atoms with E-state index in [4.69, 9.17) is 11.6 Å². The van der Waals surface area contributed by atoms with Gasteiger partial charge in [-0.1, -0.05) is 17.7 Å². The van der Waals surface area contributed by atoms with Crippen LogP contribution in [0.1, 0.15) is 23.3 Å². The number of anilines is 1. The fourth-order valence-corrected chi connectivity index (χ4v) is 3.42. The maximum atomic E-state index is 14.3. The van der Waals surface area contributed by atoms with Crippen molar-refractivity contribution >= 4 is 28.6 Å². The Morgan fingerprint density at radius 3 is 2.76 bits per heavy atom. The highest BCUT2D eigenvalue weighted by atomic mass is 35.5. The van der Waals surface area contributed by atoms with Gasteiger partial charge in [0.25, 0.3) is 0 Å². The minimum atomic E-state index is -0.171. The van der Waals surface area contributed by atoms with E-state index < -0.39 is 0 Å². The average Bonchev–Trinajstić information content (AvgIpc) is 3.19. The summed E-state index contributed by atoms with van der Waals surface area (Å²) in [5.41, 5.74) is 1.62. The van der Waals surface area contributed by atoms with Crippen LogP contribution in [0, 0.1) is 5.82 Å². The van der Waals surface area contributed by atoms with Crippen LogP contribution < -0.4 is 10.2 Å². The Balaban J connectivity index is 1.65. The molecule has 3 rings (SSSR count). The van der Waals surface area contributed by atoms with E-state index in [2.05, 4.69) is 5.32 Å². The van der Waals surface area contributed by atoms with Crippen LogP contribution in [0.3, 0.4) is 0 Å². The third-order valence-corrected chi connectivity index (χ3v) is 4.83. The Morgan fingerprint density at radius 2 is 2.14 bits per heavy atom. The van der Waals surface area contributed by atoms with Crippen LogP contribution in [0.15, 0.2) is 30.3 Å². The first-order valence-corrected chi connectivity index (χ1v) is 8.28. The summed E-state index contributed by atoms with van der Waals surface area (Å²) in [5.74, 6) is -0.171. The summed E-state index contributed by atoms with van der Waals surface area (Å²) < 4.78 is 15.0. The number of hydrogen-bond acceptors (Lipinski definition) is 3. The van der Waals surface area contributed by atoms with E-state index in [1.807, 2.05) is 36.2 Å². The predicted molar refractivity (Wildman–Crippen MR) is 87.7 cm³/mol. The van der Waals surface area contributed by atoms with Crippen LogP contribution in [-0.2, 0) is 13.1 Å². The van der Waals surface area contributed by atoms with Gasteiger partial charge in [0.15, 0.2) is 0 Å². The maximum Gasteiger partial charge on any atom is 0.146 e. The molecule has 0 spiro atoms. The molecule has 2 nitrogen and oxygen atoms in total. The van der Waals surface area contributed by atoms with Gasteiger partial charge in [0.1, 0.15) is 5.82 Å². The van der Waals surface area contributed by atoms with Crippen molar-refractivity contribution in [2.75, 3.05) is 11.9 Å². The van der Waals surface area contributed by atoms with Crippen LogP contribution in [0.25, 0.3) is 0 Å². The third-order valence-electron chi connectivity index (χ3n) is 3.62. The monoisotopic (exact) mass is 324 g/mol. The van der Waals surface area contributed by atoms with Crippen molar-refractivity contribution < 1.29 is 4.39 Å². The van der Waals surface area contributed by atoms with Gasteiger partial charge in [-0.25, -0.2) is 4.39 Å². The second-order valence-corrected chi connectivity index (χ2v) is 7.30. The Morgan fingerprint density at radius 1 is 1.33 bits per heavy atom. The highest BCUT2D eigenvalue weighted by molar-refractivity contribution is 7.16. The summed E-state index contributed by atoms with van der Waals surface area (Å²) in [7, 11) is 1.90. The molecule has 0 aliphatic heterocycles. The Labute approximate surface area is 133 Å². The zero-order valence-electron chi connectivity index (χ0n) is 11.9. The number of halogens is 2. The molecule has 1 heterocycles. The molecular formula is C16H18ClFN2S.